The number of carbonyl (C=O) groups excluding carboxylic acids is 1. The smallest absolute Gasteiger partial charge is 0.368 e. The highest BCUT2D eigenvalue weighted by atomic mass is 19.4. The molecule has 0 bridgehead atoms. The lowest BCUT2D eigenvalue weighted by molar-refractivity contribution is -0.138. The van der Waals surface area contributed by atoms with Crippen molar-refractivity contribution in [1.82, 2.24) is 4.90 Å². The van der Waals surface area contributed by atoms with Crippen LogP contribution >= 0.6 is 0 Å². The molecule has 0 saturated carbocycles. The number of nitrogens with zero attached hydrogens (tertiary/aromatic N) is 2. The molecule has 1 heterocycles. The number of carbonyl (C=O) groups is 1. The van der Waals surface area contributed by atoms with Gasteiger partial charge in [-0.2, -0.15) is 26.3 Å². The minimum absolute atomic E-state index is 0.251. The summed E-state index contributed by atoms with van der Waals surface area (Å²) >= 11 is 0. The topological polar surface area (TPSA) is 23.6 Å². The molecule has 0 radical (unpaired) electrons. The minimum atomic E-state index is -4.46. The Bertz CT molecular complexity index is 928. The van der Waals surface area contributed by atoms with Gasteiger partial charge in [0.25, 0.3) is 0 Å². The largest absolute Gasteiger partial charge is 0.416 e. The van der Waals surface area contributed by atoms with Crippen LogP contribution in [-0.4, -0.2) is 37.0 Å². The second kappa shape index (κ2) is 8.41. The van der Waals surface area contributed by atoms with E-state index in [4.69, 9.17) is 0 Å². The lowest BCUT2D eigenvalue weighted by Crippen LogP contribution is -2.48. The van der Waals surface area contributed by atoms with Crippen LogP contribution in [0.15, 0.2) is 54.6 Å². The fourth-order valence-corrected chi connectivity index (χ4v) is 3.16. The predicted octanol–water partition coefficient (Wildman–Crippen LogP) is 5.09. The van der Waals surface area contributed by atoms with Crippen LogP contribution in [0.3, 0.4) is 0 Å². The molecule has 3 rings (SSSR count). The molecule has 0 N–H and O–H groups in total. The zero-order valence-corrected chi connectivity index (χ0v) is 15.7. The van der Waals surface area contributed by atoms with Gasteiger partial charge in [0.1, 0.15) is 0 Å². The molecule has 1 amide bonds. The molecule has 2 aromatic rings. The third kappa shape index (κ3) is 5.34. The molecule has 0 unspecified atom stereocenters. The zero-order valence-electron chi connectivity index (χ0n) is 15.7. The van der Waals surface area contributed by atoms with Crippen LogP contribution in [0.4, 0.5) is 32.0 Å². The van der Waals surface area contributed by atoms with Crippen LogP contribution < -0.4 is 4.90 Å². The lowest BCUT2D eigenvalue weighted by Gasteiger charge is -2.35. The van der Waals surface area contributed by atoms with Gasteiger partial charge in [-0.3, -0.25) is 4.79 Å². The van der Waals surface area contributed by atoms with Gasteiger partial charge in [-0.1, -0.05) is 18.2 Å². The summed E-state index contributed by atoms with van der Waals surface area (Å²) in [5.41, 5.74) is -0.855. The minimum Gasteiger partial charge on any atom is -0.368 e. The van der Waals surface area contributed by atoms with Gasteiger partial charge in [0.05, 0.1) is 11.1 Å². The number of anilines is 1. The summed E-state index contributed by atoms with van der Waals surface area (Å²) in [6, 6.07) is 9.63. The summed E-state index contributed by atoms with van der Waals surface area (Å²) in [4.78, 5) is 15.6. The van der Waals surface area contributed by atoms with Gasteiger partial charge < -0.3 is 9.80 Å². The summed E-state index contributed by atoms with van der Waals surface area (Å²) in [6.07, 6.45) is -6.37. The van der Waals surface area contributed by atoms with Gasteiger partial charge in [0.15, 0.2) is 0 Å². The molecule has 2 aromatic carbocycles. The molecule has 0 aliphatic carbocycles. The fraction of sp³-hybridized carbons (Fsp3) is 0.286. The highest BCUT2D eigenvalue weighted by Gasteiger charge is 2.31. The van der Waals surface area contributed by atoms with Crippen molar-refractivity contribution in [2.45, 2.75) is 12.4 Å². The molecular weight excluding hydrogens is 410 g/mol. The van der Waals surface area contributed by atoms with E-state index in [2.05, 4.69) is 0 Å². The molecule has 0 atom stereocenters. The van der Waals surface area contributed by atoms with Gasteiger partial charge in [0.2, 0.25) is 5.91 Å². The number of alkyl halides is 6. The van der Waals surface area contributed by atoms with Crippen LogP contribution in [0.5, 0.6) is 0 Å². The van der Waals surface area contributed by atoms with E-state index >= 15 is 0 Å². The molecule has 0 spiro atoms. The monoisotopic (exact) mass is 428 g/mol. The van der Waals surface area contributed by atoms with E-state index in [0.717, 1.165) is 24.3 Å². The average molecular weight is 428 g/mol. The van der Waals surface area contributed by atoms with Crippen LogP contribution in [-0.2, 0) is 17.1 Å². The summed E-state index contributed by atoms with van der Waals surface area (Å²) in [5.74, 6) is -0.365. The van der Waals surface area contributed by atoms with Crippen molar-refractivity contribution >= 4 is 17.7 Å². The van der Waals surface area contributed by atoms with E-state index in [-0.39, 0.29) is 11.5 Å². The molecule has 3 nitrogen and oxygen atoms in total. The molecule has 160 valence electrons. The number of amides is 1. The third-order valence-electron chi connectivity index (χ3n) is 4.76. The Kier molecular flexibility index (Phi) is 6.09. The van der Waals surface area contributed by atoms with Crippen molar-refractivity contribution in [3.63, 3.8) is 0 Å². The Morgan fingerprint density at radius 3 is 1.97 bits per heavy atom. The van der Waals surface area contributed by atoms with Crippen molar-refractivity contribution in [3.05, 3.63) is 71.3 Å². The van der Waals surface area contributed by atoms with Crippen LogP contribution in [0.2, 0.25) is 0 Å². The van der Waals surface area contributed by atoms with Crippen molar-refractivity contribution in [2.75, 3.05) is 31.1 Å². The number of piperazine rings is 1. The Hall–Kier alpha value is -2.97. The molecular formula is C21H18F6N2O. The van der Waals surface area contributed by atoms with Crippen molar-refractivity contribution < 1.29 is 31.1 Å². The normalized spacial score (nSPS) is 15.7. The van der Waals surface area contributed by atoms with E-state index in [0.29, 0.717) is 31.9 Å². The molecule has 1 fully saturated rings. The SMILES string of the molecule is O=C(/C=C/c1cccc(C(F)(F)F)c1)N1CCN(c2cccc(C(F)(F)F)c2)CC1. The maximum absolute atomic E-state index is 12.9. The van der Waals surface area contributed by atoms with Crippen LogP contribution in [0.25, 0.3) is 6.08 Å². The Balaban J connectivity index is 1.60. The zero-order chi connectivity index (χ0) is 21.9. The maximum Gasteiger partial charge on any atom is 0.416 e. The molecule has 1 aliphatic heterocycles. The molecule has 1 saturated heterocycles. The first-order valence-electron chi connectivity index (χ1n) is 9.10. The van der Waals surface area contributed by atoms with Crippen molar-refractivity contribution in [2.24, 2.45) is 0 Å². The van der Waals surface area contributed by atoms with Gasteiger partial charge in [-0.15, -0.1) is 0 Å². The highest BCUT2D eigenvalue weighted by Crippen LogP contribution is 2.32. The quantitative estimate of drug-likeness (QED) is 0.503. The summed E-state index contributed by atoms with van der Waals surface area (Å²) in [6.45, 7) is 1.29. The van der Waals surface area contributed by atoms with Gasteiger partial charge >= 0.3 is 12.4 Å². The summed E-state index contributed by atoms with van der Waals surface area (Å²) in [5, 5.41) is 0. The number of benzene rings is 2. The van der Waals surface area contributed by atoms with E-state index < -0.39 is 23.5 Å². The molecule has 9 heteroatoms. The Labute approximate surface area is 169 Å². The number of hydrogen-bond acceptors (Lipinski definition) is 2. The maximum atomic E-state index is 12.9. The summed E-state index contributed by atoms with van der Waals surface area (Å²) < 4.78 is 76.9. The fourth-order valence-electron chi connectivity index (χ4n) is 3.16. The predicted molar refractivity (Wildman–Crippen MR) is 101 cm³/mol. The Morgan fingerprint density at radius 2 is 1.37 bits per heavy atom. The third-order valence-corrected chi connectivity index (χ3v) is 4.76. The summed E-state index contributed by atoms with van der Waals surface area (Å²) in [7, 11) is 0. The number of rotatable bonds is 3. The number of hydrogen-bond donors (Lipinski definition) is 0. The molecule has 1 aliphatic rings. The van der Waals surface area contributed by atoms with Crippen LogP contribution in [0, 0.1) is 0 Å². The van der Waals surface area contributed by atoms with Crippen molar-refractivity contribution in [1.29, 1.82) is 0 Å². The highest BCUT2D eigenvalue weighted by molar-refractivity contribution is 5.92. The first-order valence-corrected chi connectivity index (χ1v) is 9.10. The second-order valence-corrected chi connectivity index (χ2v) is 6.82. The second-order valence-electron chi connectivity index (χ2n) is 6.82. The van der Waals surface area contributed by atoms with E-state index in [9.17, 15) is 31.1 Å². The first kappa shape index (κ1) is 21.7. The van der Waals surface area contributed by atoms with Gasteiger partial charge in [-0.05, 0) is 42.0 Å². The van der Waals surface area contributed by atoms with Gasteiger partial charge in [0, 0.05) is 37.9 Å². The van der Waals surface area contributed by atoms with E-state index in [1.165, 1.54) is 35.3 Å². The molecule has 30 heavy (non-hydrogen) atoms. The lowest BCUT2D eigenvalue weighted by atomic mass is 10.1. The van der Waals surface area contributed by atoms with Crippen LogP contribution in [0.1, 0.15) is 16.7 Å². The standard InChI is InChI=1S/C21H18F6N2O/c22-20(23,24)16-4-1-3-15(13-16)7-8-19(30)29-11-9-28(10-12-29)18-6-2-5-17(14-18)21(25,26)27/h1-8,13-14H,9-12H2/b8-7+. The van der Waals surface area contributed by atoms with E-state index in [1.54, 1.807) is 11.0 Å². The average Bonchev–Trinajstić information content (AvgIpc) is 2.71. The van der Waals surface area contributed by atoms with E-state index in [1.807, 2.05) is 0 Å². The molecule has 0 aromatic heterocycles. The van der Waals surface area contributed by atoms with Gasteiger partial charge in [-0.25, -0.2) is 0 Å². The Morgan fingerprint density at radius 1 is 0.800 bits per heavy atom. The number of halogens is 6. The van der Waals surface area contributed by atoms with Crippen molar-refractivity contribution in [3.8, 4) is 0 Å². The first-order chi connectivity index (χ1) is 14.0.